The molecule has 1 heterocycles. The highest BCUT2D eigenvalue weighted by Gasteiger charge is 2.12. The molecule has 1 aromatic heterocycles. The molecule has 0 spiro atoms. The Bertz CT molecular complexity index is 552. The molecule has 2 rings (SSSR count). The highest BCUT2D eigenvalue weighted by molar-refractivity contribution is 5.24. The third-order valence-corrected chi connectivity index (χ3v) is 3.66. The van der Waals surface area contributed by atoms with Crippen molar-refractivity contribution in [1.82, 2.24) is 15.1 Å². The van der Waals surface area contributed by atoms with E-state index in [1.54, 1.807) is 0 Å². The van der Waals surface area contributed by atoms with Crippen LogP contribution in [0.15, 0.2) is 30.5 Å². The first kappa shape index (κ1) is 14.8. The molecule has 0 saturated heterocycles. The zero-order valence-electron chi connectivity index (χ0n) is 13.1. The first-order valence-corrected chi connectivity index (χ1v) is 7.29. The third-order valence-electron chi connectivity index (χ3n) is 3.66. The van der Waals surface area contributed by atoms with Gasteiger partial charge >= 0.3 is 0 Å². The zero-order valence-corrected chi connectivity index (χ0v) is 13.1. The number of nitrogens with zero attached hydrogens (tertiary/aromatic N) is 2. The summed E-state index contributed by atoms with van der Waals surface area (Å²) >= 11 is 0. The van der Waals surface area contributed by atoms with Gasteiger partial charge in [-0.05, 0) is 25.3 Å². The minimum atomic E-state index is 0.343. The van der Waals surface area contributed by atoms with Gasteiger partial charge in [-0.15, -0.1) is 0 Å². The number of aryl methyl sites for hydroxylation is 2. The van der Waals surface area contributed by atoms with E-state index in [0.717, 1.165) is 6.54 Å². The molecule has 3 heteroatoms. The predicted molar refractivity (Wildman–Crippen MR) is 83.7 cm³/mol. The highest BCUT2D eigenvalue weighted by atomic mass is 15.3. The van der Waals surface area contributed by atoms with Crippen LogP contribution in [-0.2, 0) is 13.6 Å². The van der Waals surface area contributed by atoms with Gasteiger partial charge in [0.05, 0.1) is 5.69 Å². The molecular formula is C17H25N3. The van der Waals surface area contributed by atoms with Crippen molar-refractivity contribution in [2.45, 2.75) is 46.2 Å². The Morgan fingerprint density at radius 2 is 1.80 bits per heavy atom. The fourth-order valence-corrected chi connectivity index (χ4v) is 2.41. The largest absolute Gasteiger partial charge is 0.306 e. The molecule has 0 bridgehead atoms. The standard InChI is InChI=1S/C17H25N3/c1-12(2)17-16(11-20(5)19-17)10-18-14(4)15-8-6-13(3)7-9-15/h6-9,11-12,14,18H,10H2,1-5H3/t14-/m0/s1. The maximum Gasteiger partial charge on any atom is 0.0694 e. The molecule has 0 saturated carbocycles. The van der Waals surface area contributed by atoms with Crippen LogP contribution >= 0.6 is 0 Å². The van der Waals surface area contributed by atoms with E-state index in [-0.39, 0.29) is 0 Å². The van der Waals surface area contributed by atoms with Gasteiger partial charge in [-0.1, -0.05) is 43.7 Å². The number of hydrogen-bond donors (Lipinski definition) is 1. The molecular weight excluding hydrogens is 246 g/mol. The van der Waals surface area contributed by atoms with Crippen molar-refractivity contribution >= 4 is 0 Å². The molecule has 1 aromatic carbocycles. The molecule has 2 aromatic rings. The summed E-state index contributed by atoms with van der Waals surface area (Å²) < 4.78 is 1.91. The van der Waals surface area contributed by atoms with Crippen LogP contribution < -0.4 is 5.32 Å². The molecule has 20 heavy (non-hydrogen) atoms. The molecule has 1 atom stereocenters. The topological polar surface area (TPSA) is 29.9 Å². The van der Waals surface area contributed by atoms with E-state index in [1.807, 2.05) is 11.7 Å². The smallest absolute Gasteiger partial charge is 0.0694 e. The van der Waals surface area contributed by atoms with Gasteiger partial charge in [0.2, 0.25) is 0 Å². The van der Waals surface area contributed by atoms with Crippen molar-refractivity contribution in [1.29, 1.82) is 0 Å². The summed E-state index contributed by atoms with van der Waals surface area (Å²) in [6.45, 7) is 9.56. The molecule has 0 amide bonds. The maximum absolute atomic E-state index is 4.55. The summed E-state index contributed by atoms with van der Waals surface area (Å²) in [7, 11) is 1.98. The normalized spacial score (nSPS) is 12.9. The van der Waals surface area contributed by atoms with Crippen LogP contribution in [-0.4, -0.2) is 9.78 Å². The Labute approximate surface area is 122 Å². The molecule has 0 radical (unpaired) electrons. The Morgan fingerprint density at radius 1 is 1.15 bits per heavy atom. The molecule has 108 valence electrons. The summed E-state index contributed by atoms with van der Waals surface area (Å²) in [6, 6.07) is 9.06. The first-order valence-electron chi connectivity index (χ1n) is 7.29. The van der Waals surface area contributed by atoms with Gasteiger partial charge in [0.1, 0.15) is 0 Å². The average molecular weight is 271 g/mol. The van der Waals surface area contributed by atoms with Crippen molar-refractivity contribution in [2.24, 2.45) is 7.05 Å². The van der Waals surface area contributed by atoms with E-state index < -0.39 is 0 Å². The Morgan fingerprint density at radius 3 is 2.40 bits per heavy atom. The van der Waals surface area contributed by atoms with Crippen LogP contribution in [0, 0.1) is 6.92 Å². The summed E-state index contributed by atoms with van der Waals surface area (Å²) in [6.07, 6.45) is 2.12. The SMILES string of the molecule is Cc1ccc([C@H](C)NCc2cn(C)nc2C(C)C)cc1. The highest BCUT2D eigenvalue weighted by Crippen LogP contribution is 2.19. The molecule has 0 fully saturated rings. The van der Waals surface area contributed by atoms with E-state index in [1.165, 1.54) is 22.4 Å². The lowest BCUT2D eigenvalue weighted by Gasteiger charge is -2.15. The van der Waals surface area contributed by atoms with E-state index >= 15 is 0 Å². The Balaban J connectivity index is 2.03. The molecule has 3 nitrogen and oxygen atoms in total. The Hall–Kier alpha value is -1.61. The number of benzene rings is 1. The van der Waals surface area contributed by atoms with E-state index in [0.29, 0.717) is 12.0 Å². The molecule has 1 N–H and O–H groups in total. The Kier molecular flexibility index (Phi) is 4.61. The van der Waals surface area contributed by atoms with E-state index in [9.17, 15) is 0 Å². The summed E-state index contributed by atoms with van der Waals surface area (Å²) in [5.41, 5.74) is 5.11. The number of rotatable bonds is 5. The van der Waals surface area contributed by atoms with Gasteiger partial charge in [-0.2, -0.15) is 5.10 Å². The number of aromatic nitrogens is 2. The second-order valence-corrected chi connectivity index (χ2v) is 5.88. The van der Waals surface area contributed by atoms with E-state index in [4.69, 9.17) is 0 Å². The van der Waals surface area contributed by atoms with Gasteiger partial charge in [0, 0.05) is 31.4 Å². The third kappa shape index (κ3) is 3.48. The average Bonchev–Trinajstić information content (AvgIpc) is 2.78. The fraction of sp³-hybridized carbons (Fsp3) is 0.471. The van der Waals surface area contributed by atoms with Crippen molar-refractivity contribution in [3.8, 4) is 0 Å². The summed E-state index contributed by atoms with van der Waals surface area (Å²) in [5, 5.41) is 8.14. The van der Waals surface area contributed by atoms with Gasteiger partial charge in [0.15, 0.2) is 0 Å². The summed E-state index contributed by atoms with van der Waals surface area (Å²) in [5.74, 6) is 0.461. The van der Waals surface area contributed by atoms with Gasteiger partial charge in [-0.3, -0.25) is 4.68 Å². The van der Waals surface area contributed by atoms with Crippen LogP contribution in [0.3, 0.4) is 0 Å². The van der Waals surface area contributed by atoms with Crippen LogP contribution in [0.25, 0.3) is 0 Å². The van der Waals surface area contributed by atoms with Gasteiger partial charge in [-0.25, -0.2) is 0 Å². The second-order valence-electron chi connectivity index (χ2n) is 5.88. The first-order chi connectivity index (χ1) is 9.47. The molecule has 0 aliphatic rings. The van der Waals surface area contributed by atoms with Crippen molar-refractivity contribution in [2.75, 3.05) is 0 Å². The lowest BCUT2D eigenvalue weighted by molar-refractivity contribution is 0.570. The van der Waals surface area contributed by atoms with E-state index in [2.05, 4.69) is 68.6 Å². The molecule has 0 aliphatic heterocycles. The van der Waals surface area contributed by atoms with Crippen molar-refractivity contribution in [3.05, 3.63) is 52.8 Å². The minimum absolute atomic E-state index is 0.343. The second kappa shape index (κ2) is 6.23. The molecule has 0 unspecified atom stereocenters. The van der Waals surface area contributed by atoms with Crippen LogP contribution in [0.5, 0.6) is 0 Å². The minimum Gasteiger partial charge on any atom is -0.306 e. The lowest BCUT2D eigenvalue weighted by Crippen LogP contribution is -2.18. The summed E-state index contributed by atoms with van der Waals surface area (Å²) in [4.78, 5) is 0. The fourth-order valence-electron chi connectivity index (χ4n) is 2.41. The predicted octanol–water partition coefficient (Wildman–Crippen LogP) is 3.70. The zero-order chi connectivity index (χ0) is 14.7. The van der Waals surface area contributed by atoms with Gasteiger partial charge < -0.3 is 5.32 Å². The quantitative estimate of drug-likeness (QED) is 0.898. The number of hydrogen-bond acceptors (Lipinski definition) is 2. The van der Waals surface area contributed by atoms with Crippen molar-refractivity contribution in [3.63, 3.8) is 0 Å². The monoisotopic (exact) mass is 271 g/mol. The molecule has 0 aliphatic carbocycles. The van der Waals surface area contributed by atoms with Crippen LogP contribution in [0.4, 0.5) is 0 Å². The maximum atomic E-state index is 4.55. The van der Waals surface area contributed by atoms with Crippen molar-refractivity contribution < 1.29 is 0 Å². The van der Waals surface area contributed by atoms with Gasteiger partial charge in [0.25, 0.3) is 0 Å². The lowest BCUT2D eigenvalue weighted by atomic mass is 10.0. The number of nitrogens with one attached hydrogen (secondary N) is 1. The van der Waals surface area contributed by atoms with Crippen LogP contribution in [0.2, 0.25) is 0 Å². The van der Waals surface area contributed by atoms with Crippen LogP contribution in [0.1, 0.15) is 55.1 Å².